The van der Waals surface area contributed by atoms with Crippen molar-refractivity contribution >= 4 is 11.5 Å². The molecule has 0 bridgehead atoms. The number of aromatic nitrogens is 4. The van der Waals surface area contributed by atoms with Crippen molar-refractivity contribution in [2.24, 2.45) is 0 Å². The summed E-state index contributed by atoms with van der Waals surface area (Å²) in [5, 5.41) is 30.0. The van der Waals surface area contributed by atoms with Crippen LogP contribution in [0.4, 0.5) is 11.5 Å². The third-order valence-electron chi connectivity index (χ3n) is 2.33. The number of hydrogen-bond acceptors (Lipinski definition) is 7. The van der Waals surface area contributed by atoms with E-state index in [1.807, 2.05) is 0 Å². The van der Waals surface area contributed by atoms with Crippen molar-refractivity contribution in [3.8, 4) is 6.07 Å². The molecule has 0 aromatic carbocycles. The van der Waals surface area contributed by atoms with Gasteiger partial charge in [-0.25, -0.2) is 4.98 Å². The highest BCUT2D eigenvalue weighted by molar-refractivity contribution is 5.63. The zero-order chi connectivity index (χ0) is 13.7. The minimum atomic E-state index is -0.622. The molecule has 0 unspecified atom stereocenters. The molecule has 0 fully saturated rings. The third kappa shape index (κ3) is 2.81. The summed E-state index contributed by atoms with van der Waals surface area (Å²) in [7, 11) is 0. The van der Waals surface area contributed by atoms with Crippen LogP contribution in [-0.2, 0) is 6.54 Å². The van der Waals surface area contributed by atoms with E-state index in [2.05, 4.69) is 20.6 Å². The highest BCUT2D eigenvalue weighted by Gasteiger charge is 2.20. The summed E-state index contributed by atoms with van der Waals surface area (Å²) in [6, 6.07) is 3.08. The highest BCUT2D eigenvalue weighted by Crippen LogP contribution is 2.25. The molecular weight excluding hydrogens is 250 g/mol. The van der Waals surface area contributed by atoms with Gasteiger partial charge in [0, 0.05) is 18.9 Å². The van der Waals surface area contributed by atoms with Crippen LogP contribution in [0, 0.1) is 21.4 Å². The first-order chi connectivity index (χ1) is 9.22. The maximum Gasteiger partial charge on any atom is 0.328 e. The molecule has 0 aliphatic carbocycles. The Bertz CT molecular complexity index is 617. The van der Waals surface area contributed by atoms with Crippen LogP contribution in [0.5, 0.6) is 0 Å². The molecule has 2 heterocycles. The third-order valence-corrected chi connectivity index (χ3v) is 2.33. The molecule has 0 aliphatic heterocycles. The predicted molar refractivity (Wildman–Crippen MR) is 64.1 cm³/mol. The summed E-state index contributed by atoms with van der Waals surface area (Å²) in [4.78, 5) is 14.2. The van der Waals surface area contributed by atoms with Crippen LogP contribution in [0.3, 0.4) is 0 Å². The fraction of sp³-hybridized carbons (Fsp3) is 0.200. The van der Waals surface area contributed by atoms with Gasteiger partial charge in [-0.05, 0) is 6.07 Å². The zero-order valence-electron chi connectivity index (χ0n) is 9.72. The summed E-state index contributed by atoms with van der Waals surface area (Å²) < 4.78 is 1.58. The Kier molecular flexibility index (Phi) is 3.63. The molecule has 1 N–H and O–H groups in total. The monoisotopic (exact) mass is 259 g/mol. The lowest BCUT2D eigenvalue weighted by molar-refractivity contribution is -0.384. The van der Waals surface area contributed by atoms with Gasteiger partial charge in [0.2, 0.25) is 5.82 Å². The largest absolute Gasteiger partial charge is 0.362 e. The lowest BCUT2D eigenvalue weighted by Gasteiger charge is -2.06. The van der Waals surface area contributed by atoms with Crippen LogP contribution in [0.25, 0.3) is 0 Å². The van der Waals surface area contributed by atoms with Gasteiger partial charge in [0.1, 0.15) is 11.6 Å². The maximum atomic E-state index is 10.9. The molecule has 0 amide bonds. The Morgan fingerprint density at radius 1 is 1.53 bits per heavy atom. The van der Waals surface area contributed by atoms with Gasteiger partial charge >= 0.3 is 5.69 Å². The van der Waals surface area contributed by atoms with Crippen LogP contribution in [0.1, 0.15) is 5.56 Å². The lowest BCUT2D eigenvalue weighted by atomic mass is 10.2. The van der Waals surface area contributed by atoms with Gasteiger partial charge in [0.05, 0.1) is 17.7 Å². The molecule has 0 saturated heterocycles. The maximum absolute atomic E-state index is 10.9. The molecule has 0 atom stereocenters. The van der Waals surface area contributed by atoms with E-state index in [0.717, 1.165) is 0 Å². The zero-order valence-corrected chi connectivity index (χ0v) is 9.72. The van der Waals surface area contributed by atoms with Crippen molar-refractivity contribution in [2.75, 3.05) is 11.9 Å². The van der Waals surface area contributed by atoms with Crippen molar-refractivity contribution < 1.29 is 4.92 Å². The molecule has 2 aromatic heterocycles. The average Bonchev–Trinajstić information content (AvgIpc) is 2.91. The SMILES string of the molecule is N#Cc1ccnc(NCCn2ccnn2)c1[N+](=O)[O-]. The van der Waals surface area contributed by atoms with Crippen molar-refractivity contribution in [2.45, 2.75) is 6.54 Å². The van der Waals surface area contributed by atoms with Crippen LogP contribution in [-0.4, -0.2) is 31.4 Å². The topological polar surface area (TPSA) is 123 Å². The Morgan fingerprint density at radius 3 is 3.00 bits per heavy atom. The Hall–Kier alpha value is -3.02. The van der Waals surface area contributed by atoms with Crippen LogP contribution < -0.4 is 5.32 Å². The predicted octanol–water partition coefficient (Wildman–Crippen LogP) is 0.565. The van der Waals surface area contributed by atoms with Gasteiger partial charge in [0.25, 0.3) is 0 Å². The number of anilines is 1. The van der Waals surface area contributed by atoms with E-state index < -0.39 is 4.92 Å². The van der Waals surface area contributed by atoms with Crippen LogP contribution in [0.15, 0.2) is 24.7 Å². The number of nitro groups is 1. The fourth-order valence-corrected chi connectivity index (χ4v) is 1.50. The Morgan fingerprint density at radius 2 is 2.37 bits per heavy atom. The minimum Gasteiger partial charge on any atom is -0.362 e. The summed E-state index contributed by atoms with van der Waals surface area (Å²) in [5.41, 5.74) is -0.341. The molecule has 0 radical (unpaired) electrons. The molecule has 9 heteroatoms. The second-order valence-electron chi connectivity index (χ2n) is 3.52. The van der Waals surface area contributed by atoms with Crippen LogP contribution in [0.2, 0.25) is 0 Å². The summed E-state index contributed by atoms with van der Waals surface area (Å²) in [6.45, 7) is 0.863. The molecule has 2 rings (SSSR count). The van der Waals surface area contributed by atoms with Gasteiger partial charge in [-0.2, -0.15) is 5.26 Å². The van der Waals surface area contributed by atoms with E-state index >= 15 is 0 Å². The average molecular weight is 259 g/mol. The van der Waals surface area contributed by atoms with Crippen molar-refractivity contribution in [1.82, 2.24) is 20.0 Å². The van der Waals surface area contributed by atoms with Gasteiger partial charge in [-0.1, -0.05) is 5.21 Å². The second-order valence-corrected chi connectivity index (χ2v) is 3.52. The first-order valence-corrected chi connectivity index (χ1v) is 5.34. The van der Waals surface area contributed by atoms with E-state index in [1.165, 1.54) is 18.5 Å². The van der Waals surface area contributed by atoms with Crippen LogP contribution >= 0.6 is 0 Å². The number of nitrogens with zero attached hydrogens (tertiary/aromatic N) is 6. The van der Waals surface area contributed by atoms with Gasteiger partial charge in [0.15, 0.2) is 0 Å². The lowest BCUT2D eigenvalue weighted by Crippen LogP contribution is -2.13. The fourth-order valence-electron chi connectivity index (χ4n) is 1.50. The molecule has 0 spiro atoms. The summed E-state index contributed by atoms with van der Waals surface area (Å²) in [6.07, 6.45) is 4.57. The van der Waals surface area contributed by atoms with Crippen molar-refractivity contribution in [3.63, 3.8) is 0 Å². The summed E-state index contributed by atoms with van der Waals surface area (Å²) >= 11 is 0. The molecule has 0 aliphatic rings. The number of hydrogen-bond donors (Lipinski definition) is 1. The smallest absolute Gasteiger partial charge is 0.328 e. The van der Waals surface area contributed by atoms with Gasteiger partial charge < -0.3 is 5.32 Å². The molecule has 19 heavy (non-hydrogen) atoms. The molecule has 0 saturated carbocycles. The van der Waals surface area contributed by atoms with E-state index in [1.54, 1.807) is 16.9 Å². The second kappa shape index (κ2) is 5.54. The van der Waals surface area contributed by atoms with E-state index in [9.17, 15) is 10.1 Å². The van der Waals surface area contributed by atoms with E-state index in [0.29, 0.717) is 13.1 Å². The quantitative estimate of drug-likeness (QED) is 0.614. The van der Waals surface area contributed by atoms with Crippen molar-refractivity contribution in [3.05, 3.63) is 40.3 Å². The number of nitriles is 1. The molecular formula is C10H9N7O2. The standard InChI is InChI=1S/C10H9N7O2/c11-7-8-1-2-12-10(9(8)17(18)19)13-3-5-16-6-4-14-15-16/h1-2,4,6H,3,5H2,(H,12,13). The Labute approximate surface area is 107 Å². The van der Waals surface area contributed by atoms with Gasteiger partial charge in [-0.3, -0.25) is 14.8 Å². The summed E-state index contributed by atoms with van der Waals surface area (Å²) in [5.74, 6) is 0.0733. The van der Waals surface area contributed by atoms with E-state index in [-0.39, 0.29) is 17.1 Å². The number of nitrogens with one attached hydrogen (secondary N) is 1. The van der Waals surface area contributed by atoms with Gasteiger partial charge in [-0.15, -0.1) is 5.10 Å². The molecule has 96 valence electrons. The Balaban J connectivity index is 2.12. The molecule has 2 aromatic rings. The highest BCUT2D eigenvalue weighted by atomic mass is 16.6. The number of pyridine rings is 1. The molecule has 9 nitrogen and oxygen atoms in total. The van der Waals surface area contributed by atoms with E-state index in [4.69, 9.17) is 5.26 Å². The van der Waals surface area contributed by atoms with Crippen molar-refractivity contribution in [1.29, 1.82) is 5.26 Å². The number of rotatable bonds is 5. The first kappa shape index (κ1) is 12.4. The minimum absolute atomic E-state index is 0.0248. The first-order valence-electron chi connectivity index (χ1n) is 5.34. The normalized spacial score (nSPS) is 9.84.